The van der Waals surface area contributed by atoms with Crippen LogP contribution in [0.5, 0.6) is 11.5 Å². The standard InChI is InChI=1S/C21H15ClF3N5O3/c22-15-6-3-12(9-14(15)21(23,24)25)27-10-17(31)28-11-1-4-13(5-2-11)33-16-7-8-26-19-18(16)29-20(32)30-19/h1-9,27H,10H2,(H,28,31)(H2,26,29,30,32). The summed E-state index contributed by atoms with van der Waals surface area (Å²) in [6.07, 6.45) is -3.11. The number of anilines is 2. The van der Waals surface area contributed by atoms with Crippen molar-refractivity contribution in [2.24, 2.45) is 0 Å². The van der Waals surface area contributed by atoms with Crippen LogP contribution in [0, 0.1) is 0 Å². The summed E-state index contributed by atoms with van der Waals surface area (Å²) in [5.41, 5.74) is -0.0548. The topological polar surface area (TPSA) is 112 Å². The maximum absolute atomic E-state index is 12.9. The van der Waals surface area contributed by atoms with Crippen LogP contribution in [0.15, 0.2) is 59.5 Å². The number of imidazole rings is 1. The van der Waals surface area contributed by atoms with E-state index in [1.807, 2.05) is 0 Å². The Hall–Kier alpha value is -3.99. The average molecular weight is 478 g/mol. The number of fused-ring (bicyclic) bond motifs is 1. The van der Waals surface area contributed by atoms with Gasteiger partial charge in [0.2, 0.25) is 5.91 Å². The molecule has 8 nitrogen and oxygen atoms in total. The van der Waals surface area contributed by atoms with Crippen molar-refractivity contribution in [1.82, 2.24) is 15.0 Å². The van der Waals surface area contributed by atoms with Gasteiger partial charge in [0, 0.05) is 23.6 Å². The molecule has 2 aromatic heterocycles. The number of carbonyl (C=O) groups excluding carboxylic acids is 1. The van der Waals surface area contributed by atoms with Gasteiger partial charge in [-0.3, -0.25) is 9.78 Å². The fourth-order valence-electron chi connectivity index (χ4n) is 2.97. The Bertz CT molecular complexity index is 1370. The van der Waals surface area contributed by atoms with Crippen LogP contribution in [0.2, 0.25) is 5.02 Å². The second-order valence-electron chi connectivity index (χ2n) is 6.83. The number of aromatic amines is 2. The summed E-state index contributed by atoms with van der Waals surface area (Å²) in [5, 5.41) is 4.84. The van der Waals surface area contributed by atoms with E-state index in [4.69, 9.17) is 16.3 Å². The number of nitrogens with one attached hydrogen (secondary N) is 4. The Labute approximate surface area is 188 Å². The van der Waals surface area contributed by atoms with Gasteiger partial charge in [0.05, 0.1) is 17.1 Å². The molecular formula is C21H15ClF3N5O3. The number of pyridine rings is 1. The van der Waals surface area contributed by atoms with Crippen LogP contribution in [0.1, 0.15) is 5.56 Å². The smallest absolute Gasteiger partial charge is 0.417 e. The van der Waals surface area contributed by atoms with E-state index >= 15 is 0 Å². The molecule has 0 bridgehead atoms. The lowest BCUT2D eigenvalue weighted by Crippen LogP contribution is -2.22. The minimum atomic E-state index is -4.60. The molecule has 2 aromatic carbocycles. The maximum Gasteiger partial charge on any atom is 0.417 e. The number of aromatic nitrogens is 3. The normalized spacial score (nSPS) is 11.4. The number of carbonyl (C=O) groups is 1. The molecule has 4 aromatic rings. The van der Waals surface area contributed by atoms with E-state index in [9.17, 15) is 22.8 Å². The van der Waals surface area contributed by atoms with Crippen molar-refractivity contribution in [2.75, 3.05) is 17.2 Å². The van der Waals surface area contributed by atoms with Crippen molar-refractivity contribution >= 4 is 40.0 Å². The van der Waals surface area contributed by atoms with Crippen molar-refractivity contribution in [2.45, 2.75) is 6.18 Å². The molecule has 33 heavy (non-hydrogen) atoms. The Morgan fingerprint density at radius 2 is 1.79 bits per heavy atom. The summed E-state index contributed by atoms with van der Waals surface area (Å²) < 4.78 is 44.6. The molecule has 170 valence electrons. The number of benzene rings is 2. The second kappa shape index (κ2) is 8.87. The zero-order chi connectivity index (χ0) is 23.6. The summed E-state index contributed by atoms with van der Waals surface area (Å²) in [4.78, 5) is 32.8. The van der Waals surface area contributed by atoms with E-state index in [2.05, 4.69) is 25.6 Å². The van der Waals surface area contributed by atoms with Gasteiger partial charge in [-0.15, -0.1) is 0 Å². The number of hydrogen-bond donors (Lipinski definition) is 4. The highest BCUT2D eigenvalue weighted by Crippen LogP contribution is 2.36. The number of halogens is 4. The first kappa shape index (κ1) is 22.2. The highest BCUT2D eigenvalue weighted by atomic mass is 35.5. The number of nitrogens with zero attached hydrogens (tertiary/aromatic N) is 1. The molecule has 0 unspecified atom stereocenters. The molecule has 0 fully saturated rings. The van der Waals surface area contributed by atoms with Crippen molar-refractivity contribution in [3.8, 4) is 11.5 Å². The third-order valence-electron chi connectivity index (χ3n) is 4.47. The molecule has 0 saturated carbocycles. The van der Waals surface area contributed by atoms with Crippen molar-refractivity contribution < 1.29 is 22.7 Å². The van der Waals surface area contributed by atoms with Gasteiger partial charge in [-0.25, -0.2) is 9.78 Å². The molecule has 0 atom stereocenters. The summed E-state index contributed by atoms with van der Waals surface area (Å²) in [7, 11) is 0. The Morgan fingerprint density at radius 1 is 1.06 bits per heavy atom. The predicted octanol–water partition coefficient (Wildman–Crippen LogP) is 4.77. The van der Waals surface area contributed by atoms with Crippen molar-refractivity contribution in [3.63, 3.8) is 0 Å². The molecule has 12 heteroatoms. The van der Waals surface area contributed by atoms with Gasteiger partial charge in [-0.1, -0.05) is 11.6 Å². The summed E-state index contributed by atoms with van der Waals surface area (Å²) in [6, 6.07) is 11.3. The van der Waals surface area contributed by atoms with Crippen molar-refractivity contribution in [1.29, 1.82) is 0 Å². The van der Waals surface area contributed by atoms with Gasteiger partial charge in [0.15, 0.2) is 11.4 Å². The fourth-order valence-corrected chi connectivity index (χ4v) is 3.19. The first-order chi connectivity index (χ1) is 15.7. The molecule has 0 aliphatic rings. The lowest BCUT2D eigenvalue weighted by atomic mass is 10.2. The van der Waals surface area contributed by atoms with Gasteiger partial charge in [0.1, 0.15) is 11.3 Å². The van der Waals surface area contributed by atoms with Gasteiger partial charge in [0.25, 0.3) is 0 Å². The first-order valence-electron chi connectivity index (χ1n) is 9.44. The van der Waals surface area contributed by atoms with E-state index in [1.54, 1.807) is 30.3 Å². The minimum absolute atomic E-state index is 0.108. The highest BCUT2D eigenvalue weighted by Gasteiger charge is 2.33. The maximum atomic E-state index is 12.9. The van der Waals surface area contributed by atoms with E-state index < -0.39 is 28.4 Å². The van der Waals surface area contributed by atoms with Gasteiger partial charge in [-0.05, 0) is 42.5 Å². The third kappa shape index (κ3) is 5.26. The van der Waals surface area contributed by atoms with Crippen molar-refractivity contribution in [3.05, 3.63) is 75.8 Å². The monoisotopic (exact) mass is 477 g/mol. The SMILES string of the molecule is O=C(CNc1ccc(Cl)c(C(F)(F)F)c1)Nc1ccc(Oc2ccnc3[nH]c(=O)[nH]c23)cc1. The van der Waals surface area contributed by atoms with E-state index in [-0.39, 0.29) is 12.2 Å². The first-order valence-corrected chi connectivity index (χ1v) is 9.82. The number of alkyl halides is 3. The molecule has 0 radical (unpaired) electrons. The second-order valence-corrected chi connectivity index (χ2v) is 7.24. The van der Waals surface area contributed by atoms with Gasteiger partial charge >= 0.3 is 11.9 Å². The van der Waals surface area contributed by atoms with Crippen LogP contribution in [0.4, 0.5) is 24.5 Å². The molecule has 4 N–H and O–H groups in total. The van der Waals surface area contributed by atoms with Gasteiger partial charge < -0.3 is 20.4 Å². The minimum Gasteiger partial charge on any atom is -0.455 e. The number of H-pyrrole nitrogens is 2. The summed E-state index contributed by atoms with van der Waals surface area (Å²) >= 11 is 5.59. The zero-order valence-corrected chi connectivity index (χ0v) is 17.3. The lowest BCUT2D eigenvalue weighted by Gasteiger charge is -2.12. The molecule has 0 saturated heterocycles. The quantitative estimate of drug-likeness (QED) is 0.320. The third-order valence-corrected chi connectivity index (χ3v) is 4.80. The zero-order valence-electron chi connectivity index (χ0n) is 16.6. The molecule has 0 spiro atoms. The van der Waals surface area contributed by atoms with Crippen LogP contribution in [0.3, 0.4) is 0 Å². The largest absolute Gasteiger partial charge is 0.455 e. The van der Waals surface area contributed by atoms with Gasteiger partial charge in [-0.2, -0.15) is 13.2 Å². The van der Waals surface area contributed by atoms with E-state index in [0.29, 0.717) is 28.4 Å². The van der Waals surface area contributed by atoms with Crippen LogP contribution < -0.4 is 21.1 Å². The number of hydrogen-bond acceptors (Lipinski definition) is 5. The van der Waals surface area contributed by atoms with Crippen LogP contribution in [-0.2, 0) is 11.0 Å². The molecule has 0 aliphatic heterocycles. The van der Waals surface area contributed by atoms with E-state index in [0.717, 1.165) is 12.1 Å². The number of rotatable bonds is 6. The van der Waals surface area contributed by atoms with E-state index in [1.165, 1.54) is 12.3 Å². The molecule has 4 rings (SSSR count). The number of ether oxygens (including phenoxy) is 1. The Kier molecular flexibility index (Phi) is 5.97. The summed E-state index contributed by atoms with van der Waals surface area (Å²) in [5.74, 6) is 0.370. The predicted molar refractivity (Wildman–Crippen MR) is 117 cm³/mol. The average Bonchev–Trinajstić information content (AvgIpc) is 3.15. The summed E-state index contributed by atoms with van der Waals surface area (Å²) in [6.45, 7) is -0.257. The Morgan fingerprint density at radius 3 is 2.52 bits per heavy atom. The van der Waals surface area contributed by atoms with Crippen LogP contribution in [0.25, 0.3) is 11.2 Å². The molecular weight excluding hydrogens is 463 g/mol. The molecule has 2 heterocycles. The lowest BCUT2D eigenvalue weighted by molar-refractivity contribution is -0.137. The van der Waals surface area contributed by atoms with Crippen LogP contribution in [-0.4, -0.2) is 27.4 Å². The molecule has 0 aliphatic carbocycles. The highest BCUT2D eigenvalue weighted by molar-refractivity contribution is 6.31. The number of amides is 1. The van der Waals surface area contributed by atoms with Crippen LogP contribution >= 0.6 is 11.6 Å². The Balaban J connectivity index is 1.36. The fraction of sp³-hybridized carbons (Fsp3) is 0.0952. The molecule has 1 amide bonds.